The van der Waals surface area contributed by atoms with Crippen LogP contribution in [0.25, 0.3) is 44.4 Å². The number of fused-ring (bicyclic) bond motifs is 1. The second kappa shape index (κ2) is 7.97. The Morgan fingerprint density at radius 3 is 1.47 bits per heavy atom. The van der Waals surface area contributed by atoms with Crippen LogP contribution in [0.4, 0.5) is 13.2 Å². The fourth-order valence-corrected chi connectivity index (χ4v) is 3.77. The van der Waals surface area contributed by atoms with Crippen molar-refractivity contribution in [2.45, 2.75) is 6.18 Å². The zero-order chi connectivity index (χ0) is 22.1. The van der Waals surface area contributed by atoms with Gasteiger partial charge in [-0.25, -0.2) is 4.98 Å². The van der Waals surface area contributed by atoms with Gasteiger partial charge in [0.05, 0.1) is 16.8 Å². The van der Waals surface area contributed by atoms with Gasteiger partial charge in [0.25, 0.3) is 0 Å². The lowest BCUT2D eigenvalue weighted by molar-refractivity contribution is -0.137. The van der Waals surface area contributed by atoms with E-state index in [1.54, 1.807) is 0 Å². The second-order valence-electron chi connectivity index (χ2n) is 7.62. The van der Waals surface area contributed by atoms with Gasteiger partial charge in [0.1, 0.15) is 0 Å². The number of benzene rings is 4. The maximum absolute atomic E-state index is 12.8. The molecule has 0 saturated carbocycles. The van der Waals surface area contributed by atoms with E-state index in [9.17, 15) is 13.2 Å². The molecule has 32 heavy (non-hydrogen) atoms. The van der Waals surface area contributed by atoms with Crippen molar-refractivity contribution in [1.82, 2.24) is 4.98 Å². The summed E-state index contributed by atoms with van der Waals surface area (Å²) in [5.41, 5.74) is 6.02. The summed E-state index contributed by atoms with van der Waals surface area (Å²) in [7, 11) is 0. The summed E-state index contributed by atoms with van der Waals surface area (Å²) in [6.07, 6.45) is -4.32. The van der Waals surface area contributed by atoms with E-state index in [1.807, 2.05) is 54.6 Å². The molecule has 4 aromatic carbocycles. The molecule has 0 amide bonds. The standard InChI is InChI=1S/C28H18F3N/c29-28(30,31)25-16-13-22(14-17-25)20-7-5-19(6-8-20)21-9-11-24(12-10-21)27-18-15-23-3-1-2-4-26(23)32-27/h1-18H. The molecule has 1 nitrogen and oxygen atoms in total. The van der Waals surface area contributed by atoms with Gasteiger partial charge in [-0.3, -0.25) is 0 Å². The lowest BCUT2D eigenvalue weighted by Crippen LogP contribution is -2.03. The molecule has 156 valence electrons. The number of hydrogen-bond donors (Lipinski definition) is 0. The Labute approximate surface area is 183 Å². The van der Waals surface area contributed by atoms with E-state index in [-0.39, 0.29) is 0 Å². The molecule has 0 N–H and O–H groups in total. The summed E-state index contributed by atoms with van der Waals surface area (Å²) in [5.74, 6) is 0. The number of para-hydroxylation sites is 1. The van der Waals surface area contributed by atoms with Gasteiger partial charge in [-0.1, -0.05) is 84.9 Å². The van der Waals surface area contributed by atoms with Crippen LogP contribution in [0, 0.1) is 0 Å². The van der Waals surface area contributed by atoms with Gasteiger partial charge in [-0.2, -0.15) is 13.2 Å². The van der Waals surface area contributed by atoms with Crippen molar-refractivity contribution in [2.24, 2.45) is 0 Å². The molecule has 0 saturated heterocycles. The Bertz CT molecular complexity index is 1370. The third kappa shape index (κ3) is 4.00. The van der Waals surface area contributed by atoms with E-state index in [0.29, 0.717) is 0 Å². The van der Waals surface area contributed by atoms with Crippen molar-refractivity contribution in [3.05, 3.63) is 115 Å². The van der Waals surface area contributed by atoms with Crippen molar-refractivity contribution in [3.63, 3.8) is 0 Å². The Balaban J connectivity index is 1.37. The highest BCUT2D eigenvalue weighted by Gasteiger charge is 2.29. The van der Waals surface area contributed by atoms with Crippen molar-refractivity contribution in [3.8, 4) is 33.5 Å². The Kier molecular flexibility index (Phi) is 4.98. The van der Waals surface area contributed by atoms with Crippen molar-refractivity contribution in [2.75, 3.05) is 0 Å². The van der Waals surface area contributed by atoms with E-state index >= 15 is 0 Å². The zero-order valence-electron chi connectivity index (χ0n) is 17.0. The average Bonchev–Trinajstić information content (AvgIpc) is 2.83. The Hall–Kier alpha value is -3.92. The molecule has 4 heteroatoms. The molecule has 0 bridgehead atoms. The fourth-order valence-electron chi connectivity index (χ4n) is 3.77. The first-order valence-electron chi connectivity index (χ1n) is 10.2. The highest BCUT2D eigenvalue weighted by molar-refractivity contribution is 5.82. The Morgan fingerprint density at radius 1 is 0.469 bits per heavy atom. The van der Waals surface area contributed by atoms with E-state index < -0.39 is 11.7 Å². The number of pyridine rings is 1. The van der Waals surface area contributed by atoms with Crippen LogP contribution in [0.3, 0.4) is 0 Å². The minimum Gasteiger partial charge on any atom is -0.248 e. The monoisotopic (exact) mass is 425 g/mol. The smallest absolute Gasteiger partial charge is 0.248 e. The van der Waals surface area contributed by atoms with Crippen LogP contribution in [0.5, 0.6) is 0 Å². The van der Waals surface area contributed by atoms with E-state index in [4.69, 9.17) is 4.98 Å². The first-order valence-corrected chi connectivity index (χ1v) is 10.2. The van der Waals surface area contributed by atoms with Crippen LogP contribution >= 0.6 is 0 Å². The highest BCUT2D eigenvalue weighted by Crippen LogP contribution is 2.32. The van der Waals surface area contributed by atoms with Crippen LogP contribution in [0.15, 0.2) is 109 Å². The summed E-state index contributed by atoms with van der Waals surface area (Å²) in [4.78, 5) is 4.74. The van der Waals surface area contributed by atoms with Gasteiger partial charge in [0.15, 0.2) is 0 Å². The second-order valence-corrected chi connectivity index (χ2v) is 7.62. The minimum absolute atomic E-state index is 0.640. The minimum atomic E-state index is -4.32. The lowest BCUT2D eigenvalue weighted by Gasteiger charge is -2.09. The first kappa shape index (κ1) is 20.0. The average molecular weight is 425 g/mol. The largest absolute Gasteiger partial charge is 0.416 e. The molecule has 0 aliphatic heterocycles. The van der Waals surface area contributed by atoms with Gasteiger partial charge < -0.3 is 0 Å². The fraction of sp³-hybridized carbons (Fsp3) is 0.0357. The number of alkyl halides is 3. The predicted octanol–water partition coefficient (Wildman–Crippen LogP) is 8.25. The maximum Gasteiger partial charge on any atom is 0.416 e. The van der Waals surface area contributed by atoms with Crippen molar-refractivity contribution >= 4 is 10.9 Å². The first-order chi connectivity index (χ1) is 15.5. The van der Waals surface area contributed by atoms with Gasteiger partial charge in [-0.15, -0.1) is 0 Å². The van der Waals surface area contributed by atoms with Gasteiger partial charge in [0, 0.05) is 10.9 Å². The lowest BCUT2D eigenvalue weighted by atomic mass is 9.98. The SMILES string of the molecule is FC(F)(F)c1ccc(-c2ccc(-c3ccc(-c4ccc5ccccc5n4)cc3)cc2)cc1. The number of hydrogen-bond acceptors (Lipinski definition) is 1. The molecule has 1 aromatic heterocycles. The van der Waals surface area contributed by atoms with Crippen LogP contribution in [0.1, 0.15) is 5.56 Å². The van der Waals surface area contributed by atoms with Crippen molar-refractivity contribution < 1.29 is 13.2 Å². The number of halogens is 3. The summed E-state index contributed by atoms with van der Waals surface area (Å²) < 4.78 is 38.3. The predicted molar refractivity (Wildman–Crippen MR) is 123 cm³/mol. The topological polar surface area (TPSA) is 12.9 Å². The van der Waals surface area contributed by atoms with E-state index in [2.05, 4.69) is 30.3 Å². The maximum atomic E-state index is 12.8. The van der Waals surface area contributed by atoms with Crippen molar-refractivity contribution in [1.29, 1.82) is 0 Å². The molecule has 0 spiro atoms. The van der Waals surface area contributed by atoms with E-state index in [1.165, 1.54) is 12.1 Å². The third-order valence-corrected chi connectivity index (χ3v) is 5.54. The van der Waals surface area contributed by atoms with Gasteiger partial charge >= 0.3 is 6.18 Å². The zero-order valence-corrected chi connectivity index (χ0v) is 17.0. The molecule has 0 atom stereocenters. The summed E-state index contributed by atoms with van der Waals surface area (Å²) in [5, 5.41) is 1.11. The van der Waals surface area contributed by atoms with Gasteiger partial charge in [0.2, 0.25) is 0 Å². The number of rotatable bonds is 3. The molecule has 5 aromatic rings. The van der Waals surface area contributed by atoms with Gasteiger partial charge in [-0.05, 0) is 46.5 Å². The molecule has 0 unspecified atom stereocenters. The van der Waals surface area contributed by atoms with Crippen LogP contribution in [-0.4, -0.2) is 4.98 Å². The molecule has 0 aliphatic carbocycles. The summed E-state index contributed by atoms with van der Waals surface area (Å²) >= 11 is 0. The molecule has 5 rings (SSSR count). The van der Waals surface area contributed by atoms with Crippen LogP contribution < -0.4 is 0 Å². The third-order valence-electron chi connectivity index (χ3n) is 5.54. The highest BCUT2D eigenvalue weighted by atomic mass is 19.4. The summed E-state index contributed by atoms with van der Waals surface area (Å²) in [6.45, 7) is 0. The molecule has 0 radical (unpaired) electrons. The van der Waals surface area contributed by atoms with E-state index in [0.717, 1.165) is 56.5 Å². The normalized spacial score (nSPS) is 11.6. The number of aromatic nitrogens is 1. The van der Waals surface area contributed by atoms with Crippen LogP contribution in [-0.2, 0) is 6.18 Å². The molecule has 0 aliphatic rings. The van der Waals surface area contributed by atoms with Crippen LogP contribution in [0.2, 0.25) is 0 Å². The molecule has 0 fully saturated rings. The summed E-state index contributed by atoms with van der Waals surface area (Å²) in [6, 6.07) is 33.4. The quantitative estimate of drug-likeness (QED) is 0.284. The Morgan fingerprint density at radius 2 is 0.938 bits per heavy atom. The number of nitrogens with zero attached hydrogens (tertiary/aromatic N) is 1. The molecule has 1 heterocycles. The molecular weight excluding hydrogens is 407 g/mol. The molecular formula is C28H18F3N.